The van der Waals surface area contributed by atoms with Gasteiger partial charge < -0.3 is 4.98 Å². The molecule has 0 aliphatic rings. The molecule has 0 radical (unpaired) electrons. The van der Waals surface area contributed by atoms with Gasteiger partial charge in [-0.2, -0.15) is 0 Å². The van der Waals surface area contributed by atoms with Crippen molar-refractivity contribution in [1.29, 1.82) is 0 Å². The minimum atomic E-state index is 0.234. The Morgan fingerprint density at radius 3 is 2.93 bits per heavy atom. The number of carbonyl (C=O) groups excluding carboxylic acids is 1. The van der Waals surface area contributed by atoms with Crippen LogP contribution in [0.3, 0.4) is 0 Å². The van der Waals surface area contributed by atoms with Gasteiger partial charge in [-0.3, -0.25) is 4.79 Å². The Bertz CT molecular complexity index is 496. The predicted molar refractivity (Wildman–Crippen MR) is 62.3 cm³/mol. The standard InChI is InChI=1S/C13H15NO/c1-3-5-12(15)10-8-14-11-7-4-6-9(2)13(10)11/h4,6-8,14H,3,5H2,1-2H3. The first-order valence-electron chi connectivity index (χ1n) is 5.34. The quantitative estimate of drug-likeness (QED) is 0.758. The number of ketones is 1. The van der Waals surface area contributed by atoms with E-state index >= 15 is 0 Å². The second-order valence-electron chi connectivity index (χ2n) is 3.87. The Kier molecular flexibility index (Phi) is 2.58. The summed E-state index contributed by atoms with van der Waals surface area (Å²) in [5.74, 6) is 0.234. The third-order valence-corrected chi connectivity index (χ3v) is 2.69. The smallest absolute Gasteiger partial charge is 0.165 e. The van der Waals surface area contributed by atoms with E-state index in [2.05, 4.69) is 4.98 Å². The maximum atomic E-state index is 11.9. The molecular formula is C13H15NO. The number of aryl methyl sites for hydroxylation is 1. The van der Waals surface area contributed by atoms with E-state index in [-0.39, 0.29) is 5.78 Å². The molecule has 2 heteroatoms. The van der Waals surface area contributed by atoms with E-state index in [1.807, 2.05) is 38.2 Å². The van der Waals surface area contributed by atoms with Crippen LogP contribution < -0.4 is 0 Å². The van der Waals surface area contributed by atoms with Crippen LogP contribution in [0.15, 0.2) is 24.4 Å². The molecule has 0 amide bonds. The number of carbonyl (C=O) groups is 1. The maximum absolute atomic E-state index is 11.9. The van der Waals surface area contributed by atoms with Crippen molar-refractivity contribution in [2.24, 2.45) is 0 Å². The predicted octanol–water partition coefficient (Wildman–Crippen LogP) is 3.46. The third-order valence-electron chi connectivity index (χ3n) is 2.69. The van der Waals surface area contributed by atoms with Gasteiger partial charge in [0.15, 0.2) is 5.78 Å². The number of benzene rings is 1. The largest absolute Gasteiger partial charge is 0.360 e. The number of hydrogen-bond acceptors (Lipinski definition) is 1. The first-order valence-corrected chi connectivity index (χ1v) is 5.34. The molecule has 1 heterocycles. The van der Waals surface area contributed by atoms with Crippen molar-refractivity contribution in [1.82, 2.24) is 4.98 Å². The van der Waals surface area contributed by atoms with Crippen LogP contribution in [0.2, 0.25) is 0 Å². The summed E-state index contributed by atoms with van der Waals surface area (Å²) < 4.78 is 0. The molecule has 0 saturated carbocycles. The summed E-state index contributed by atoms with van der Waals surface area (Å²) in [5.41, 5.74) is 3.05. The van der Waals surface area contributed by atoms with E-state index in [1.54, 1.807) is 0 Å². The van der Waals surface area contributed by atoms with E-state index in [4.69, 9.17) is 0 Å². The van der Waals surface area contributed by atoms with Crippen LogP contribution in [0.1, 0.15) is 35.7 Å². The van der Waals surface area contributed by atoms with Crippen molar-refractivity contribution in [3.8, 4) is 0 Å². The topological polar surface area (TPSA) is 32.9 Å². The number of aromatic nitrogens is 1. The first-order chi connectivity index (χ1) is 7.24. The summed E-state index contributed by atoms with van der Waals surface area (Å²) in [6, 6.07) is 6.05. The van der Waals surface area contributed by atoms with Crippen LogP contribution in [-0.4, -0.2) is 10.8 Å². The minimum Gasteiger partial charge on any atom is -0.360 e. The Morgan fingerprint density at radius 2 is 2.20 bits per heavy atom. The highest BCUT2D eigenvalue weighted by Crippen LogP contribution is 2.23. The average Bonchev–Trinajstić information content (AvgIpc) is 2.63. The van der Waals surface area contributed by atoms with Crippen molar-refractivity contribution in [3.63, 3.8) is 0 Å². The normalized spacial score (nSPS) is 10.8. The van der Waals surface area contributed by atoms with Crippen molar-refractivity contribution < 1.29 is 4.79 Å². The molecule has 2 aromatic rings. The van der Waals surface area contributed by atoms with Gasteiger partial charge in [0.2, 0.25) is 0 Å². The molecule has 15 heavy (non-hydrogen) atoms. The zero-order chi connectivity index (χ0) is 10.8. The molecule has 1 aromatic carbocycles. The van der Waals surface area contributed by atoms with Crippen LogP contribution in [0.4, 0.5) is 0 Å². The van der Waals surface area contributed by atoms with Crippen LogP contribution in [-0.2, 0) is 0 Å². The molecule has 1 aromatic heterocycles. The summed E-state index contributed by atoms with van der Waals surface area (Å²) in [5, 5.41) is 1.08. The molecule has 0 aliphatic carbocycles. The highest BCUT2D eigenvalue weighted by Gasteiger charge is 2.12. The Labute approximate surface area is 89.3 Å². The molecule has 0 bridgehead atoms. The molecule has 1 N–H and O–H groups in total. The van der Waals surface area contributed by atoms with Crippen LogP contribution in [0.5, 0.6) is 0 Å². The molecular weight excluding hydrogens is 186 g/mol. The molecule has 2 rings (SSSR count). The number of aromatic amines is 1. The third kappa shape index (κ3) is 1.67. The fourth-order valence-corrected chi connectivity index (χ4v) is 1.95. The number of hydrogen-bond donors (Lipinski definition) is 1. The van der Waals surface area contributed by atoms with E-state index < -0.39 is 0 Å². The van der Waals surface area contributed by atoms with Gasteiger partial charge in [-0.15, -0.1) is 0 Å². The molecule has 0 spiro atoms. The average molecular weight is 201 g/mol. The monoisotopic (exact) mass is 201 g/mol. The maximum Gasteiger partial charge on any atom is 0.165 e. The molecule has 0 saturated heterocycles. The summed E-state index contributed by atoms with van der Waals surface area (Å²) in [6.45, 7) is 4.07. The van der Waals surface area contributed by atoms with Gasteiger partial charge in [0.1, 0.15) is 0 Å². The lowest BCUT2D eigenvalue weighted by Crippen LogP contribution is -1.97. The van der Waals surface area contributed by atoms with Crippen molar-refractivity contribution >= 4 is 16.7 Å². The molecule has 0 aliphatic heterocycles. The second-order valence-corrected chi connectivity index (χ2v) is 3.87. The Hall–Kier alpha value is -1.57. The lowest BCUT2D eigenvalue weighted by Gasteiger charge is -2.00. The number of rotatable bonds is 3. The lowest BCUT2D eigenvalue weighted by molar-refractivity contribution is 0.0983. The van der Waals surface area contributed by atoms with Gasteiger partial charge in [-0.05, 0) is 25.0 Å². The molecule has 2 nitrogen and oxygen atoms in total. The van der Waals surface area contributed by atoms with E-state index in [9.17, 15) is 4.79 Å². The number of fused-ring (bicyclic) bond motifs is 1. The van der Waals surface area contributed by atoms with Gasteiger partial charge in [-0.1, -0.05) is 19.1 Å². The van der Waals surface area contributed by atoms with Gasteiger partial charge in [0.05, 0.1) is 0 Å². The zero-order valence-corrected chi connectivity index (χ0v) is 9.13. The fraction of sp³-hybridized carbons (Fsp3) is 0.308. The zero-order valence-electron chi connectivity index (χ0n) is 9.13. The number of Topliss-reactive ketones (excluding diaryl/α,β-unsaturated/α-hetero) is 1. The second kappa shape index (κ2) is 3.89. The molecule has 0 atom stereocenters. The Balaban J connectivity index is 2.57. The fourth-order valence-electron chi connectivity index (χ4n) is 1.95. The summed E-state index contributed by atoms with van der Waals surface area (Å²) in [4.78, 5) is 15.0. The highest BCUT2D eigenvalue weighted by molar-refractivity contribution is 6.08. The molecule has 78 valence electrons. The van der Waals surface area contributed by atoms with E-state index in [0.29, 0.717) is 6.42 Å². The molecule has 0 fully saturated rings. The minimum absolute atomic E-state index is 0.234. The van der Waals surface area contributed by atoms with Gasteiger partial charge in [0, 0.05) is 29.1 Å². The van der Waals surface area contributed by atoms with E-state index in [1.165, 1.54) is 0 Å². The van der Waals surface area contributed by atoms with Gasteiger partial charge >= 0.3 is 0 Å². The van der Waals surface area contributed by atoms with Crippen LogP contribution >= 0.6 is 0 Å². The lowest BCUT2D eigenvalue weighted by atomic mass is 10.0. The summed E-state index contributed by atoms with van der Waals surface area (Å²) in [7, 11) is 0. The number of H-pyrrole nitrogens is 1. The van der Waals surface area contributed by atoms with Crippen molar-refractivity contribution in [3.05, 3.63) is 35.5 Å². The highest BCUT2D eigenvalue weighted by atomic mass is 16.1. The summed E-state index contributed by atoms with van der Waals surface area (Å²) in [6.07, 6.45) is 3.36. The van der Waals surface area contributed by atoms with Crippen LogP contribution in [0, 0.1) is 6.92 Å². The summed E-state index contributed by atoms with van der Waals surface area (Å²) >= 11 is 0. The van der Waals surface area contributed by atoms with Gasteiger partial charge in [0.25, 0.3) is 0 Å². The molecule has 0 unspecified atom stereocenters. The van der Waals surface area contributed by atoms with Gasteiger partial charge in [-0.25, -0.2) is 0 Å². The first kappa shape index (κ1) is 9.97. The SMILES string of the molecule is CCCC(=O)c1c[nH]c2cccc(C)c12. The van der Waals surface area contributed by atoms with Crippen LogP contribution in [0.25, 0.3) is 10.9 Å². The van der Waals surface area contributed by atoms with E-state index in [0.717, 1.165) is 28.5 Å². The Morgan fingerprint density at radius 1 is 1.40 bits per heavy atom. The number of nitrogens with one attached hydrogen (secondary N) is 1. The van der Waals surface area contributed by atoms with Crippen molar-refractivity contribution in [2.75, 3.05) is 0 Å². The van der Waals surface area contributed by atoms with Crippen molar-refractivity contribution in [2.45, 2.75) is 26.7 Å².